The molecule has 3 unspecified atom stereocenters. The van der Waals surface area contributed by atoms with Crippen LogP contribution in [-0.4, -0.2) is 69.1 Å². The molecule has 0 spiro atoms. The molecule has 168 valence electrons. The number of hydrogen-bond donors (Lipinski definition) is 4. The van der Waals surface area contributed by atoms with Crippen molar-refractivity contribution in [2.24, 2.45) is 5.92 Å². The molecule has 0 amide bonds. The fraction of sp³-hybridized carbons (Fsp3) is 0.400. The first kappa shape index (κ1) is 24.0. The summed E-state index contributed by atoms with van der Waals surface area (Å²) < 4.78 is 17.1. The predicted molar refractivity (Wildman–Crippen MR) is 102 cm³/mol. The molecule has 0 aliphatic heterocycles. The molecule has 31 heavy (non-hydrogen) atoms. The Labute approximate surface area is 176 Å². The zero-order valence-electron chi connectivity index (χ0n) is 16.7. The van der Waals surface area contributed by atoms with Crippen molar-refractivity contribution in [2.45, 2.75) is 31.8 Å². The quantitative estimate of drug-likeness (QED) is 0.360. The number of rotatable bonds is 10. The van der Waals surface area contributed by atoms with Crippen molar-refractivity contribution >= 4 is 23.9 Å². The van der Waals surface area contributed by atoms with E-state index in [9.17, 15) is 39.6 Å². The molecule has 0 radical (unpaired) electrons. The van der Waals surface area contributed by atoms with Crippen molar-refractivity contribution in [3.05, 3.63) is 47.1 Å². The van der Waals surface area contributed by atoms with Gasteiger partial charge in [0.05, 0.1) is 16.7 Å². The smallest absolute Gasteiger partial charge is 0.336 e. The second-order valence-corrected chi connectivity index (χ2v) is 6.57. The van der Waals surface area contributed by atoms with E-state index >= 15 is 0 Å². The van der Waals surface area contributed by atoms with Crippen molar-refractivity contribution in [2.75, 3.05) is 13.2 Å². The van der Waals surface area contributed by atoms with Gasteiger partial charge in [0.1, 0.15) is 5.92 Å². The van der Waals surface area contributed by atoms with Gasteiger partial charge in [-0.15, -0.1) is 0 Å². The Balaban J connectivity index is 2.61. The van der Waals surface area contributed by atoms with Crippen LogP contribution < -0.4 is 0 Å². The van der Waals surface area contributed by atoms with E-state index in [4.69, 9.17) is 14.2 Å². The van der Waals surface area contributed by atoms with E-state index in [1.54, 1.807) is 6.92 Å². The summed E-state index contributed by atoms with van der Waals surface area (Å²) in [5.41, 5.74) is -1.54. The molecule has 11 nitrogen and oxygen atoms in total. The topological polar surface area (TPSA) is 177 Å². The second kappa shape index (κ2) is 9.25. The minimum atomic E-state index is -2.17. The Hall–Kier alpha value is -3.28. The fourth-order valence-corrected chi connectivity index (χ4v) is 3.49. The van der Waals surface area contributed by atoms with Gasteiger partial charge >= 0.3 is 23.9 Å². The van der Waals surface area contributed by atoms with Crippen LogP contribution in [0.25, 0.3) is 0 Å². The van der Waals surface area contributed by atoms with Crippen LogP contribution in [0.15, 0.2) is 47.1 Å². The summed E-state index contributed by atoms with van der Waals surface area (Å²) in [7, 11) is 0. The van der Waals surface area contributed by atoms with Crippen LogP contribution in [-0.2, 0) is 33.4 Å². The van der Waals surface area contributed by atoms with Crippen molar-refractivity contribution in [1.29, 1.82) is 0 Å². The number of ether oxygens (including phenoxy) is 3. The van der Waals surface area contributed by atoms with Crippen LogP contribution in [0.2, 0.25) is 0 Å². The number of carboxylic acid groups (broad SMARTS) is 4. The van der Waals surface area contributed by atoms with E-state index in [1.807, 2.05) is 0 Å². The number of aliphatic carboxylic acids is 4. The first-order valence-electron chi connectivity index (χ1n) is 9.25. The van der Waals surface area contributed by atoms with Gasteiger partial charge in [-0.2, -0.15) is 0 Å². The summed E-state index contributed by atoms with van der Waals surface area (Å²) in [4.78, 5) is 46.8. The SMILES string of the molecule is CCOC1(OC2(OCC)C=CC=C(C(=O)O)C2C(=O)O)C=CC(C(=O)O)=C(C(=O)O)C1. The molecule has 0 saturated carbocycles. The van der Waals surface area contributed by atoms with Gasteiger partial charge in [0, 0.05) is 19.6 Å². The minimum absolute atomic E-state index is 0.0229. The van der Waals surface area contributed by atoms with Gasteiger partial charge in [0.15, 0.2) is 5.79 Å². The van der Waals surface area contributed by atoms with Gasteiger partial charge < -0.3 is 34.6 Å². The number of carbonyl (C=O) groups is 4. The molecular formula is C20H22O11. The molecule has 4 N–H and O–H groups in total. The molecule has 0 fully saturated rings. The normalized spacial score (nSPS) is 27.7. The molecule has 0 heterocycles. The van der Waals surface area contributed by atoms with E-state index in [0.717, 1.165) is 18.2 Å². The van der Waals surface area contributed by atoms with Crippen LogP contribution in [0, 0.1) is 5.92 Å². The van der Waals surface area contributed by atoms with Gasteiger partial charge in [-0.3, -0.25) is 4.79 Å². The molecule has 2 aliphatic carbocycles. The Morgan fingerprint density at radius 1 is 0.968 bits per heavy atom. The monoisotopic (exact) mass is 438 g/mol. The highest BCUT2D eigenvalue weighted by atomic mass is 16.8. The fourth-order valence-electron chi connectivity index (χ4n) is 3.49. The molecule has 0 bridgehead atoms. The number of allylic oxidation sites excluding steroid dienone is 2. The van der Waals surface area contributed by atoms with E-state index in [1.165, 1.54) is 19.1 Å². The standard InChI is InChI=1S/C20H22O11/c1-3-29-19(9-7-11(15(21)22)13(10-19)17(25)26)31-20(30-4-2)8-5-6-12(16(23)24)14(20)18(27)28/h5-9,14H,3-4,10H2,1-2H3,(H,21,22)(H,23,24)(H,25,26)(H,27,28). The summed E-state index contributed by atoms with van der Waals surface area (Å²) >= 11 is 0. The first-order chi connectivity index (χ1) is 14.5. The Morgan fingerprint density at radius 3 is 2.10 bits per heavy atom. The van der Waals surface area contributed by atoms with Gasteiger partial charge in [-0.25, -0.2) is 14.4 Å². The highest BCUT2D eigenvalue weighted by molar-refractivity contribution is 6.01. The summed E-state index contributed by atoms with van der Waals surface area (Å²) in [5.74, 6) is -12.0. The van der Waals surface area contributed by atoms with Crippen molar-refractivity contribution < 1.29 is 53.8 Å². The lowest BCUT2D eigenvalue weighted by Crippen LogP contribution is -2.55. The van der Waals surface area contributed by atoms with Crippen LogP contribution in [0.4, 0.5) is 0 Å². The third-order valence-corrected chi connectivity index (χ3v) is 4.64. The summed E-state index contributed by atoms with van der Waals surface area (Å²) in [6, 6.07) is 0. The molecule has 3 atom stereocenters. The maximum Gasteiger partial charge on any atom is 0.336 e. The van der Waals surface area contributed by atoms with Crippen LogP contribution in [0.1, 0.15) is 20.3 Å². The highest BCUT2D eigenvalue weighted by Crippen LogP contribution is 2.42. The second-order valence-electron chi connectivity index (χ2n) is 6.57. The number of carboxylic acids is 4. The lowest BCUT2D eigenvalue weighted by Gasteiger charge is -2.44. The molecule has 11 heteroatoms. The zero-order valence-corrected chi connectivity index (χ0v) is 16.7. The maximum atomic E-state index is 12.0. The molecule has 0 aromatic rings. The summed E-state index contributed by atoms with van der Waals surface area (Å²) in [5, 5.41) is 38.0. The van der Waals surface area contributed by atoms with Crippen LogP contribution in [0.3, 0.4) is 0 Å². The molecule has 0 aromatic carbocycles. The molecule has 2 rings (SSSR count). The third-order valence-electron chi connectivity index (χ3n) is 4.64. The molecule has 0 saturated heterocycles. The summed E-state index contributed by atoms with van der Waals surface area (Å²) in [6.45, 7) is 2.99. The zero-order chi connectivity index (χ0) is 23.4. The van der Waals surface area contributed by atoms with Crippen LogP contribution >= 0.6 is 0 Å². The molecule has 0 aromatic heterocycles. The van der Waals surface area contributed by atoms with E-state index in [2.05, 4.69) is 0 Å². The Bertz CT molecular complexity index is 910. The van der Waals surface area contributed by atoms with Crippen LogP contribution in [0.5, 0.6) is 0 Å². The average molecular weight is 438 g/mol. The lowest BCUT2D eigenvalue weighted by molar-refractivity contribution is -0.332. The van der Waals surface area contributed by atoms with Gasteiger partial charge in [0.2, 0.25) is 5.79 Å². The highest BCUT2D eigenvalue weighted by Gasteiger charge is 2.54. The van der Waals surface area contributed by atoms with Gasteiger partial charge in [-0.1, -0.05) is 12.2 Å². The summed E-state index contributed by atoms with van der Waals surface area (Å²) in [6.07, 6.45) is 5.10. The van der Waals surface area contributed by atoms with Gasteiger partial charge in [-0.05, 0) is 32.1 Å². The Kier molecular flexibility index (Phi) is 7.16. The number of hydrogen-bond acceptors (Lipinski definition) is 7. The largest absolute Gasteiger partial charge is 0.481 e. The van der Waals surface area contributed by atoms with Crippen molar-refractivity contribution in [3.8, 4) is 0 Å². The lowest BCUT2D eigenvalue weighted by atomic mass is 9.84. The Morgan fingerprint density at radius 2 is 1.61 bits per heavy atom. The van der Waals surface area contributed by atoms with Crippen molar-refractivity contribution in [3.63, 3.8) is 0 Å². The average Bonchev–Trinajstić information content (AvgIpc) is 2.67. The van der Waals surface area contributed by atoms with Crippen molar-refractivity contribution in [1.82, 2.24) is 0 Å². The van der Waals surface area contributed by atoms with E-state index in [0.29, 0.717) is 0 Å². The van der Waals surface area contributed by atoms with Gasteiger partial charge in [0.25, 0.3) is 0 Å². The third kappa shape index (κ3) is 4.74. The van der Waals surface area contributed by atoms with E-state index < -0.39 is 64.5 Å². The predicted octanol–water partition coefficient (Wildman–Crippen LogP) is 1.18. The maximum absolute atomic E-state index is 12.0. The minimum Gasteiger partial charge on any atom is -0.481 e. The molecular weight excluding hydrogens is 416 g/mol. The van der Waals surface area contributed by atoms with E-state index in [-0.39, 0.29) is 13.2 Å². The molecule has 2 aliphatic rings. The first-order valence-corrected chi connectivity index (χ1v) is 9.25.